The molecule has 2 aliphatic rings. The van der Waals surface area contributed by atoms with E-state index in [4.69, 9.17) is 4.74 Å². The molecule has 0 bridgehead atoms. The van der Waals surface area contributed by atoms with E-state index < -0.39 is 0 Å². The molecule has 1 unspecified atom stereocenters. The zero-order valence-electron chi connectivity index (χ0n) is 20.5. The van der Waals surface area contributed by atoms with Crippen molar-refractivity contribution >= 4 is 11.8 Å². The highest BCUT2D eigenvalue weighted by Crippen LogP contribution is 2.29. The van der Waals surface area contributed by atoms with Crippen molar-refractivity contribution in [1.29, 1.82) is 0 Å². The van der Waals surface area contributed by atoms with Crippen LogP contribution in [0.3, 0.4) is 0 Å². The van der Waals surface area contributed by atoms with E-state index in [0.717, 1.165) is 17.7 Å². The Hall–Kier alpha value is -3.52. The van der Waals surface area contributed by atoms with Crippen molar-refractivity contribution in [3.05, 3.63) is 88.8 Å². The van der Waals surface area contributed by atoms with Crippen LogP contribution in [0.5, 0.6) is 0 Å². The first-order valence-corrected chi connectivity index (χ1v) is 12.5. The van der Waals surface area contributed by atoms with Gasteiger partial charge in [-0.05, 0) is 49.4 Å². The maximum Gasteiger partial charge on any atom is 0.274 e. The van der Waals surface area contributed by atoms with Crippen LogP contribution in [0.15, 0.2) is 54.9 Å². The fourth-order valence-electron chi connectivity index (χ4n) is 4.91. The second-order valence-corrected chi connectivity index (χ2v) is 9.64. The predicted molar refractivity (Wildman–Crippen MR) is 133 cm³/mol. The summed E-state index contributed by atoms with van der Waals surface area (Å²) in [5, 5.41) is 3.05. The number of rotatable bonds is 6. The topological polar surface area (TPSA) is 76.5 Å². The molecule has 1 aromatic heterocycles. The lowest BCUT2D eigenvalue weighted by Gasteiger charge is -2.31. The highest BCUT2D eigenvalue weighted by Gasteiger charge is 2.32. The molecule has 0 aliphatic carbocycles. The minimum absolute atomic E-state index is 0.0637. The molecule has 0 radical (unpaired) electrons. The number of amides is 2. The van der Waals surface area contributed by atoms with E-state index in [2.05, 4.69) is 41.5 Å². The molecule has 1 atom stereocenters. The molecule has 2 amide bonds. The Kier molecular flexibility index (Phi) is 7.13. The van der Waals surface area contributed by atoms with Crippen LogP contribution in [0.1, 0.15) is 51.8 Å². The Morgan fingerprint density at radius 3 is 2.53 bits per heavy atom. The second-order valence-electron chi connectivity index (χ2n) is 9.64. The van der Waals surface area contributed by atoms with Crippen molar-refractivity contribution in [3.8, 4) is 0 Å². The molecule has 3 aromatic rings. The van der Waals surface area contributed by atoms with Crippen LogP contribution >= 0.6 is 0 Å². The van der Waals surface area contributed by atoms with E-state index in [1.54, 1.807) is 23.4 Å². The summed E-state index contributed by atoms with van der Waals surface area (Å²) in [7, 11) is 0. The maximum atomic E-state index is 13.2. The average Bonchev–Trinajstić information content (AvgIpc) is 3.33. The largest absolute Gasteiger partial charge is 0.365 e. The van der Waals surface area contributed by atoms with Crippen molar-refractivity contribution in [3.63, 3.8) is 0 Å². The van der Waals surface area contributed by atoms with Gasteiger partial charge in [0, 0.05) is 25.6 Å². The van der Waals surface area contributed by atoms with E-state index in [0.29, 0.717) is 44.7 Å². The van der Waals surface area contributed by atoms with E-state index in [9.17, 15) is 14.0 Å². The quantitative estimate of drug-likeness (QED) is 0.570. The summed E-state index contributed by atoms with van der Waals surface area (Å²) >= 11 is 0. The number of aromatic nitrogens is 2. The Balaban J connectivity index is 1.12. The summed E-state index contributed by atoms with van der Waals surface area (Å²) < 4.78 is 21.2. The van der Waals surface area contributed by atoms with Crippen LogP contribution in [-0.4, -0.2) is 45.9 Å². The minimum atomic E-state index is -0.283. The van der Waals surface area contributed by atoms with Crippen LogP contribution in [0.25, 0.3) is 0 Å². The molecule has 188 valence electrons. The number of likely N-dealkylation sites (tertiary alicyclic amines) is 1. The number of aryl methyl sites for hydroxylation is 1. The Morgan fingerprint density at radius 2 is 1.81 bits per heavy atom. The first kappa shape index (κ1) is 24.2. The molecule has 3 heterocycles. The third kappa shape index (κ3) is 5.33. The zero-order valence-corrected chi connectivity index (χ0v) is 20.5. The van der Waals surface area contributed by atoms with Gasteiger partial charge >= 0.3 is 0 Å². The Bertz CT molecular complexity index is 1210. The molecule has 1 saturated heterocycles. The van der Waals surface area contributed by atoms with Gasteiger partial charge in [-0.3, -0.25) is 9.59 Å². The SMILES string of the molecule is Cc1ccc(CCNC(=O)C2CCN(C(=O)c3ncn4c3COC(c3ccc(F)cc3)C4)CC2)cc1. The molecule has 7 nitrogen and oxygen atoms in total. The molecule has 2 aliphatic heterocycles. The number of piperidine rings is 1. The number of nitrogens with one attached hydrogen (secondary N) is 1. The number of ether oxygens (including phenoxy) is 1. The maximum absolute atomic E-state index is 13.2. The van der Waals surface area contributed by atoms with E-state index in [-0.39, 0.29) is 36.3 Å². The smallest absolute Gasteiger partial charge is 0.274 e. The molecule has 5 rings (SSSR count). The summed E-state index contributed by atoms with van der Waals surface area (Å²) in [6.45, 7) is 4.51. The van der Waals surface area contributed by atoms with Crippen molar-refractivity contribution in [2.45, 2.75) is 45.4 Å². The Morgan fingerprint density at radius 1 is 1.08 bits per heavy atom. The predicted octanol–water partition coefficient (Wildman–Crippen LogP) is 3.81. The molecule has 2 aromatic carbocycles. The van der Waals surface area contributed by atoms with E-state index >= 15 is 0 Å². The first-order chi connectivity index (χ1) is 17.5. The van der Waals surface area contributed by atoms with Gasteiger partial charge in [0.15, 0.2) is 5.69 Å². The second kappa shape index (κ2) is 10.6. The van der Waals surface area contributed by atoms with Crippen LogP contribution < -0.4 is 5.32 Å². The number of benzene rings is 2. The van der Waals surface area contributed by atoms with E-state index in [1.807, 2.05) is 4.57 Å². The van der Waals surface area contributed by atoms with Crippen molar-refractivity contribution in [2.75, 3.05) is 19.6 Å². The molecule has 0 saturated carbocycles. The summed E-state index contributed by atoms with van der Waals surface area (Å²) in [5.74, 6) is -0.420. The highest BCUT2D eigenvalue weighted by molar-refractivity contribution is 5.93. The lowest BCUT2D eigenvalue weighted by molar-refractivity contribution is -0.126. The molecule has 1 fully saturated rings. The lowest BCUT2D eigenvalue weighted by Crippen LogP contribution is -2.43. The molecule has 8 heteroatoms. The van der Waals surface area contributed by atoms with Gasteiger partial charge in [0.1, 0.15) is 11.9 Å². The molecule has 1 N–H and O–H groups in total. The van der Waals surface area contributed by atoms with Gasteiger partial charge in [0.25, 0.3) is 5.91 Å². The molecular weight excluding hydrogens is 459 g/mol. The number of hydrogen-bond acceptors (Lipinski definition) is 4. The number of carbonyl (C=O) groups excluding carboxylic acids is 2. The fraction of sp³-hybridized carbons (Fsp3) is 0.393. The number of carbonyl (C=O) groups is 2. The average molecular weight is 491 g/mol. The highest BCUT2D eigenvalue weighted by atomic mass is 19.1. The number of halogens is 1. The monoisotopic (exact) mass is 490 g/mol. The summed E-state index contributed by atoms with van der Waals surface area (Å²) in [4.78, 5) is 32.0. The van der Waals surface area contributed by atoms with Crippen molar-refractivity contribution in [2.24, 2.45) is 5.92 Å². The van der Waals surface area contributed by atoms with Gasteiger partial charge in [-0.25, -0.2) is 9.37 Å². The van der Waals surface area contributed by atoms with Crippen LogP contribution in [-0.2, 0) is 29.1 Å². The number of hydrogen-bond donors (Lipinski definition) is 1. The molecular formula is C28H31FN4O3. The summed E-state index contributed by atoms with van der Waals surface area (Å²) in [6, 6.07) is 14.6. The van der Waals surface area contributed by atoms with Crippen molar-refractivity contribution in [1.82, 2.24) is 19.8 Å². The lowest BCUT2D eigenvalue weighted by atomic mass is 9.95. The molecule has 36 heavy (non-hydrogen) atoms. The van der Waals surface area contributed by atoms with E-state index in [1.165, 1.54) is 23.3 Å². The third-order valence-corrected chi connectivity index (χ3v) is 7.16. The first-order valence-electron chi connectivity index (χ1n) is 12.5. The Labute approximate surface area is 210 Å². The summed E-state index contributed by atoms with van der Waals surface area (Å²) in [5.41, 5.74) is 4.49. The van der Waals surface area contributed by atoms with Crippen LogP contribution in [0.4, 0.5) is 4.39 Å². The normalized spacial score (nSPS) is 18.1. The fourth-order valence-corrected chi connectivity index (χ4v) is 4.91. The molecule has 0 spiro atoms. The third-order valence-electron chi connectivity index (χ3n) is 7.16. The zero-order chi connectivity index (χ0) is 25.1. The van der Waals surface area contributed by atoms with Crippen LogP contribution in [0, 0.1) is 18.7 Å². The summed E-state index contributed by atoms with van der Waals surface area (Å²) in [6.07, 6.45) is 3.55. The van der Waals surface area contributed by atoms with Gasteiger partial charge < -0.3 is 19.5 Å². The van der Waals surface area contributed by atoms with Crippen LogP contribution in [0.2, 0.25) is 0 Å². The van der Waals surface area contributed by atoms with Gasteiger partial charge in [0.05, 0.1) is 25.2 Å². The van der Waals surface area contributed by atoms with Gasteiger partial charge in [-0.15, -0.1) is 0 Å². The number of fused-ring (bicyclic) bond motifs is 1. The standard InChI is InChI=1S/C28H31FN4O3/c1-19-2-4-20(5-3-19)10-13-30-27(34)22-11-14-32(15-12-22)28(35)26-24-17-36-25(16-33(24)18-31-26)21-6-8-23(29)9-7-21/h2-9,18,22,25H,10-17H2,1H3,(H,30,34). The van der Waals surface area contributed by atoms with Gasteiger partial charge in [-0.2, -0.15) is 0 Å². The van der Waals surface area contributed by atoms with Gasteiger partial charge in [0.2, 0.25) is 5.91 Å². The van der Waals surface area contributed by atoms with Gasteiger partial charge in [-0.1, -0.05) is 42.0 Å². The number of nitrogens with zero attached hydrogens (tertiary/aromatic N) is 3. The number of imidazole rings is 1. The van der Waals surface area contributed by atoms with Crippen molar-refractivity contribution < 1.29 is 18.7 Å². The minimum Gasteiger partial charge on any atom is -0.365 e.